The summed E-state index contributed by atoms with van der Waals surface area (Å²) in [4.78, 5) is 36.8. The summed E-state index contributed by atoms with van der Waals surface area (Å²) >= 11 is 12.8. The first kappa shape index (κ1) is 32.0. The number of hydrogen-bond acceptors (Lipinski definition) is 6. The van der Waals surface area contributed by atoms with Crippen molar-refractivity contribution >= 4 is 46.5 Å². The van der Waals surface area contributed by atoms with Gasteiger partial charge < -0.3 is 24.9 Å². The average Bonchev–Trinajstić information content (AvgIpc) is 3.86. The van der Waals surface area contributed by atoms with Crippen LogP contribution in [0.5, 0.6) is 0 Å². The Labute approximate surface area is 284 Å². The Kier molecular flexibility index (Phi) is 9.18. The van der Waals surface area contributed by atoms with Crippen LogP contribution in [0.3, 0.4) is 0 Å². The van der Waals surface area contributed by atoms with Crippen LogP contribution in [0, 0.1) is 5.82 Å². The molecule has 4 aliphatic rings. The Bertz CT molecular complexity index is 1680. The number of rotatable bonds is 7. The van der Waals surface area contributed by atoms with E-state index >= 15 is 0 Å². The number of fused-ring (bicyclic) bond motifs is 1. The van der Waals surface area contributed by atoms with Gasteiger partial charge in [-0.05, 0) is 94.1 Å². The second-order valence-corrected chi connectivity index (χ2v) is 13.8. The Morgan fingerprint density at radius 2 is 1.64 bits per heavy atom. The molecule has 0 saturated carbocycles. The maximum atomic E-state index is 14.4. The average molecular weight is 681 g/mol. The number of anilines is 2. The van der Waals surface area contributed by atoms with E-state index in [4.69, 9.17) is 28.3 Å². The third kappa shape index (κ3) is 6.47. The van der Waals surface area contributed by atoms with Crippen LogP contribution in [0.2, 0.25) is 10.0 Å². The summed E-state index contributed by atoms with van der Waals surface area (Å²) < 4.78 is 15.2. The highest BCUT2D eigenvalue weighted by Gasteiger charge is 2.38. The van der Waals surface area contributed by atoms with Gasteiger partial charge in [-0.1, -0.05) is 29.3 Å². The van der Waals surface area contributed by atoms with Crippen LogP contribution in [-0.2, 0) is 4.79 Å². The molecular formula is C35H40Cl2FN7O2. The van der Waals surface area contributed by atoms with E-state index in [1.165, 1.54) is 25.0 Å². The number of hydrogen-bond donors (Lipinski definition) is 1. The van der Waals surface area contributed by atoms with Gasteiger partial charge in [0.1, 0.15) is 17.7 Å². The zero-order chi connectivity index (χ0) is 32.7. The van der Waals surface area contributed by atoms with Crippen LogP contribution in [0.15, 0.2) is 59.8 Å². The first-order chi connectivity index (χ1) is 22.8. The Balaban J connectivity index is 1.14. The van der Waals surface area contributed by atoms with Crippen molar-refractivity contribution in [3.8, 4) is 0 Å². The number of aromatic nitrogens is 2. The third-order valence-corrected chi connectivity index (χ3v) is 10.8. The molecule has 0 radical (unpaired) electrons. The maximum absolute atomic E-state index is 14.4. The Morgan fingerprint density at radius 3 is 2.36 bits per heavy atom. The number of allylic oxidation sites excluding steroid dienone is 1. The summed E-state index contributed by atoms with van der Waals surface area (Å²) in [6, 6.07) is 13.2. The number of likely N-dealkylation sites (tertiary alicyclic amines) is 2. The summed E-state index contributed by atoms with van der Waals surface area (Å²) in [7, 11) is 0. The van der Waals surface area contributed by atoms with Gasteiger partial charge in [-0.15, -0.1) is 0 Å². The molecule has 0 bridgehead atoms. The third-order valence-electron chi connectivity index (χ3n) is 10.1. The smallest absolute Gasteiger partial charge is 0.274 e. The van der Waals surface area contributed by atoms with Crippen LogP contribution < -0.4 is 10.2 Å². The standard InChI is InChI=1S/C35H40Cl2FN7O2/c1-23-32(35(47)43-19-17-42(18-20-43)26-9-7-25(38)8-10-26)33(24-6-11-28(36)29(37)21-24)45-31(39-23)22-30(40-45)34(46)44-15-4-5-27(44)12-16-41-13-2-3-14-41/h6-11,21-22,27,33,39H,2-5,12-20H2,1H3/t27-,33?/m0/s1. The predicted octanol–water partition coefficient (Wildman–Crippen LogP) is 6.06. The van der Waals surface area contributed by atoms with Crippen LogP contribution in [0.1, 0.15) is 61.1 Å². The van der Waals surface area contributed by atoms with Crippen molar-refractivity contribution in [2.24, 2.45) is 0 Å². The van der Waals surface area contributed by atoms with Crippen molar-refractivity contribution in [2.75, 3.05) is 62.6 Å². The molecule has 9 nitrogen and oxygen atoms in total. The molecule has 1 N–H and O–H groups in total. The SMILES string of the molecule is CC1=C(C(=O)N2CCN(c3ccc(F)cc3)CC2)C(c2ccc(Cl)c(Cl)c2)n2nc(C(=O)N3CCC[C@H]3CCN3CCCC3)cc2N1. The second kappa shape index (κ2) is 13.5. The van der Waals surface area contributed by atoms with Crippen LogP contribution >= 0.6 is 23.2 Å². The lowest BCUT2D eigenvalue weighted by Crippen LogP contribution is -2.50. The molecule has 0 aliphatic carbocycles. The lowest BCUT2D eigenvalue weighted by atomic mass is 9.94. The lowest BCUT2D eigenvalue weighted by molar-refractivity contribution is -0.128. The van der Waals surface area contributed by atoms with Gasteiger partial charge in [-0.2, -0.15) is 5.10 Å². The largest absolute Gasteiger partial charge is 0.368 e. The summed E-state index contributed by atoms with van der Waals surface area (Å²) in [6.45, 7) is 8.17. The summed E-state index contributed by atoms with van der Waals surface area (Å²) in [5, 5.41) is 9.06. The molecule has 47 heavy (non-hydrogen) atoms. The molecule has 4 aliphatic heterocycles. The van der Waals surface area contributed by atoms with Gasteiger partial charge in [0, 0.05) is 62.8 Å². The van der Waals surface area contributed by atoms with E-state index in [0.29, 0.717) is 59.0 Å². The molecule has 2 aromatic carbocycles. The predicted molar refractivity (Wildman–Crippen MR) is 183 cm³/mol. The molecule has 2 atom stereocenters. The molecule has 12 heteroatoms. The molecule has 3 aromatic rings. The van der Waals surface area contributed by atoms with Gasteiger partial charge in [0.25, 0.3) is 11.8 Å². The molecule has 7 rings (SSSR count). The van der Waals surface area contributed by atoms with Crippen molar-refractivity contribution in [2.45, 2.75) is 51.1 Å². The molecule has 248 valence electrons. The number of carbonyl (C=O) groups is 2. The van der Waals surface area contributed by atoms with E-state index in [9.17, 15) is 14.0 Å². The minimum absolute atomic E-state index is 0.0760. The number of benzene rings is 2. The van der Waals surface area contributed by atoms with Gasteiger partial charge in [-0.3, -0.25) is 9.59 Å². The highest BCUT2D eigenvalue weighted by atomic mass is 35.5. The Hall–Kier alpha value is -3.60. The topological polar surface area (TPSA) is 77.0 Å². The summed E-state index contributed by atoms with van der Waals surface area (Å²) in [5.41, 5.74) is 3.28. The zero-order valence-corrected chi connectivity index (χ0v) is 28.1. The number of halogens is 3. The fraction of sp³-hybridized carbons (Fsp3) is 0.457. The molecule has 3 saturated heterocycles. The minimum atomic E-state index is -0.616. The van der Waals surface area contributed by atoms with Crippen LogP contribution in [-0.4, -0.2) is 94.7 Å². The molecule has 3 fully saturated rings. The van der Waals surface area contributed by atoms with Gasteiger partial charge in [0.15, 0.2) is 5.69 Å². The zero-order valence-electron chi connectivity index (χ0n) is 26.6. The van der Waals surface area contributed by atoms with Crippen molar-refractivity contribution in [1.82, 2.24) is 24.5 Å². The van der Waals surface area contributed by atoms with Crippen LogP contribution in [0.25, 0.3) is 0 Å². The fourth-order valence-corrected chi connectivity index (χ4v) is 7.83. The highest BCUT2D eigenvalue weighted by molar-refractivity contribution is 6.42. The van der Waals surface area contributed by atoms with Crippen molar-refractivity contribution in [1.29, 1.82) is 0 Å². The molecular weight excluding hydrogens is 640 g/mol. The second-order valence-electron chi connectivity index (χ2n) is 13.0. The number of amides is 2. The van der Waals surface area contributed by atoms with E-state index in [1.54, 1.807) is 35.0 Å². The minimum Gasteiger partial charge on any atom is -0.368 e. The van der Waals surface area contributed by atoms with Crippen LogP contribution in [0.4, 0.5) is 15.9 Å². The van der Waals surface area contributed by atoms with Crippen molar-refractivity contribution in [3.63, 3.8) is 0 Å². The molecule has 0 spiro atoms. The van der Waals surface area contributed by atoms with E-state index < -0.39 is 6.04 Å². The van der Waals surface area contributed by atoms with Crippen molar-refractivity contribution < 1.29 is 14.0 Å². The molecule has 5 heterocycles. The first-order valence-electron chi connectivity index (χ1n) is 16.6. The molecule has 2 amide bonds. The van der Waals surface area contributed by atoms with E-state index in [0.717, 1.165) is 56.7 Å². The van der Waals surface area contributed by atoms with Gasteiger partial charge in [-0.25, -0.2) is 9.07 Å². The van der Waals surface area contributed by atoms with Gasteiger partial charge >= 0.3 is 0 Å². The van der Waals surface area contributed by atoms with E-state index in [-0.39, 0.29) is 23.7 Å². The summed E-state index contributed by atoms with van der Waals surface area (Å²) in [6.07, 6.45) is 5.47. The fourth-order valence-electron chi connectivity index (χ4n) is 7.52. The summed E-state index contributed by atoms with van der Waals surface area (Å²) in [5.74, 6) is 0.185. The number of nitrogens with one attached hydrogen (secondary N) is 1. The van der Waals surface area contributed by atoms with Gasteiger partial charge in [0.2, 0.25) is 0 Å². The van der Waals surface area contributed by atoms with Crippen molar-refractivity contribution in [3.05, 3.63) is 86.9 Å². The number of nitrogens with zero attached hydrogens (tertiary/aromatic N) is 6. The highest BCUT2D eigenvalue weighted by Crippen LogP contribution is 2.39. The van der Waals surface area contributed by atoms with E-state index in [2.05, 4.69) is 15.1 Å². The first-order valence-corrected chi connectivity index (χ1v) is 17.4. The number of carbonyl (C=O) groups excluding carboxylic acids is 2. The monoisotopic (exact) mass is 679 g/mol. The quantitative estimate of drug-likeness (QED) is 0.327. The molecule has 1 aromatic heterocycles. The van der Waals surface area contributed by atoms with E-state index in [1.807, 2.05) is 22.8 Å². The number of piperazine rings is 1. The maximum Gasteiger partial charge on any atom is 0.274 e. The normalized spacial score (nSPS) is 21.7. The Morgan fingerprint density at radius 1 is 0.894 bits per heavy atom. The van der Waals surface area contributed by atoms with Gasteiger partial charge in [0.05, 0.1) is 15.6 Å². The lowest BCUT2D eigenvalue weighted by Gasteiger charge is -2.38. The molecule has 1 unspecified atom stereocenters.